The van der Waals surface area contributed by atoms with E-state index in [-0.39, 0.29) is 0 Å². The SMILES string of the molecule is CNC1CCC(O)(c2ccsc2)CC1. The van der Waals surface area contributed by atoms with Gasteiger partial charge in [-0.2, -0.15) is 11.3 Å². The number of thiophene rings is 1. The summed E-state index contributed by atoms with van der Waals surface area (Å²) >= 11 is 1.66. The summed E-state index contributed by atoms with van der Waals surface area (Å²) in [6, 6.07) is 2.64. The van der Waals surface area contributed by atoms with Crippen LogP contribution < -0.4 is 5.32 Å². The summed E-state index contributed by atoms with van der Waals surface area (Å²) in [5.41, 5.74) is 0.560. The van der Waals surface area contributed by atoms with Gasteiger partial charge < -0.3 is 10.4 Å². The fraction of sp³-hybridized carbons (Fsp3) is 0.636. The van der Waals surface area contributed by atoms with Gasteiger partial charge in [-0.3, -0.25) is 0 Å². The number of hydrogen-bond donors (Lipinski definition) is 2. The standard InChI is InChI=1S/C11H17NOS/c1-12-10-2-5-11(13,6-3-10)9-4-7-14-8-9/h4,7-8,10,12-13H,2-3,5-6H2,1H3. The van der Waals surface area contributed by atoms with Gasteiger partial charge in [-0.05, 0) is 55.1 Å². The maximum Gasteiger partial charge on any atom is 0.0905 e. The smallest absolute Gasteiger partial charge is 0.0905 e. The summed E-state index contributed by atoms with van der Waals surface area (Å²) in [5.74, 6) is 0. The van der Waals surface area contributed by atoms with Gasteiger partial charge in [0.1, 0.15) is 0 Å². The zero-order valence-corrected chi connectivity index (χ0v) is 9.31. The van der Waals surface area contributed by atoms with E-state index >= 15 is 0 Å². The van der Waals surface area contributed by atoms with E-state index in [0.29, 0.717) is 6.04 Å². The molecule has 1 aromatic rings. The van der Waals surface area contributed by atoms with Crippen LogP contribution in [0.2, 0.25) is 0 Å². The lowest BCUT2D eigenvalue weighted by Crippen LogP contribution is -2.38. The van der Waals surface area contributed by atoms with Gasteiger partial charge in [-0.1, -0.05) is 0 Å². The van der Waals surface area contributed by atoms with Crippen molar-refractivity contribution in [2.24, 2.45) is 0 Å². The van der Waals surface area contributed by atoms with Crippen LogP contribution in [0, 0.1) is 0 Å². The molecule has 2 rings (SSSR count). The van der Waals surface area contributed by atoms with E-state index in [2.05, 4.69) is 10.7 Å². The zero-order valence-electron chi connectivity index (χ0n) is 8.49. The van der Waals surface area contributed by atoms with Gasteiger partial charge in [0.25, 0.3) is 0 Å². The molecule has 3 heteroatoms. The van der Waals surface area contributed by atoms with Crippen LogP contribution in [0.3, 0.4) is 0 Å². The van der Waals surface area contributed by atoms with Crippen LogP contribution in [0.25, 0.3) is 0 Å². The van der Waals surface area contributed by atoms with Gasteiger partial charge in [0, 0.05) is 6.04 Å². The Morgan fingerprint density at radius 3 is 2.71 bits per heavy atom. The molecular formula is C11H17NOS. The molecular weight excluding hydrogens is 194 g/mol. The Bertz CT molecular complexity index is 275. The van der Waals surface area contributed by atoms with Crippen LogP contribution in [0.4, 0.5) is 0 Å². The van der Waals surface area contributed by atoms with Crippen molar-refractivity contribution in [2.45, 2.75) is 37.3 Å². The minimum Gasteiger partial charge on any atom is -0.385 e. The van der Waals surface area contributed by atoms with Gasteiger partial charge in [0.05, 0.1) is 5.60 Å². The highest BCUT2D eigenvalue weighted by Gasteiger charge is 2.34. The van der Waals surface area contributed by atoms with Crippen molar-refractivity contribution in [3.8, 4) is 0 Å². The van der Waals surface area contributed by atoms with Gasteiger partial charge in [0.15, 0.2) is 0 Å². The Morgan fingerprint density at radius 1 is 1.50 bits per heavy atom. The van der Waals surface area contributed by atoms with Crippen LogP contribution >= 0.6 is 11.3 Å². The molecule has 0 radical (unpaired) electrons. The first-order chi connectivity index (χ1) is 6.74. The predicted molar refractivity (Wildman–Crippen MR) is 59.5 cm³/mol. The lowest BCUT2D eigenvalue weighted by Gasteiger charge is -2.35. The first-order valence-corrected chi connectivity index (χ1v) is 6.11. The minimum atomic E-state index is -0.548. The highest BCUT2D eigenvalue weighted by molar-refractivity contribution is 7.08. The van der Waals surface area contributed by atoms with E-state index < -0.39 is 5.60 Å². The van der Waals surface area contributed by atoms with E-state index in [1.54, 1.807) is 11.3 Å². The van der Waals surface area contributed by atoms with Crippen LogP contribution in [-0.4, -0.2) is 18.2 Å². The second kappa shape index (κ2) is 4.01. The molecule has 0 spiro atoms. The second-order valence-corrected chi connectivity index (χ2v) is 4.89. The van der Waals surface area contributed by atoms with Crippen LogP contribution in [0.1, 0.15) is 31.2 Å². The van der Waals surface area contributed by atoms with E-state index in [9.17, 15) is 5.11 Å². The highest BCUT2D eigenvalue weighted by atomic mass is 32.1. The van der Waals surface area contributed by atoms with Gasteiger partial charge in [0.2, 0.25) is 0 Å². The molecule has 2 N–H and O–H groups in total. The number of rotatable bonds is 2. The fourth-order valence-corrected chi connectivity index (χ4v) is 2.95. The Hall–Kier alpha value is -0.380. The summed E-state index contributed by atoms with van der Waals surface area (Å²) in [6.45, 7) is 0. The highest BCUT2D eigenvalue weighted by Crippen LogP contribution is 2.37. The van der Waals surface area contributed by atoms with E-state index in [4.69, 9.17) is 0 Å². The Labute approximate surface area is 89.0 Å². The molecule has 0 amide bonds. The van der Waals surface area contributed by atoms with Crippen molar-refractivity contribution in [1.82, 2.24) is 5.32 Å². The topological polar surface area (TPSA) is 32.3 Å². The molecule has 0 aliphatic heterocycles. The Balaban J connectivity index is 2.06. The van der Waals surface area contributed by atoms with Crippen molar-refractivity contribution in [3.63, 3.8) is 0 Å². The largest absolute Gasteiger partial charge is 0.385 e. The molecule has 14 heavy (non-hydrogen) atoms. The van der Waals surface area contributed by atoms with Crippen molar-refractivity contribution in [1.29, 1.82) is 0 Å². The molecule has 0 atom stereocenters. The molecule has 1 aliphatic carbocycles. The molecule has 1 heterocycles. The lowest BCUT2D eigenvalue weighted by atomic mass is 9.79. The molecule has 1 saturated carbocycles. The number of nitrogens with one attached hydrogen (secondary N) is 1. The van der Waals surface area contributed by atoms with Gasteiger partial charge in [-0.25, -0.2) is 0 Å². The Kier molecular flexibility index (Phi) is 2.91. The first kappa shape index (κ1) is 10.1. The van der Waals surface area contributed by atoms with E-state index in [1.807, 2.05) is 18.5 Å². The normalized spacial score (nSPS) is 33.1. The maximum atomic E-state index is 10.4. The molecule has 0 unspecified atom stereocenters. The molecule has 1 fully saturated rings. The maximum absolute atomic E-state index is 10.4. The first-order valence-electron chi connectivity index (χ1n) is 5.17. The van der Waals surface area contributed by atoms with Gasteiger partial charge >= 0.3 is 0 Å². The summed E-state index contributed by atoms with van der Waals surface area (Å²) in [4.78, 5) is 0. The lowest BCUT2D eigenvalue weighted by molar-refractivity contribution is -0.00725. The van der Waals surface area contributed by atoms with Crippen molar-refractivity contribution in [2.75, 3.05) is 7.05 Å². The molecule has 0 saturated heterocycles. The van der Waals surface area contributed by atoms with Gasteiger partial charge in [-0.15, -0.1) is 0 Å². The molecule has 1 aliphatic rings. The molecule has 0 aromatic carbocycles. The number of aliphatic hydroxyl groups is 1. The van der Waals surface area contributed by atoms with Crippen LogP contribution in [0.5, 0.6) is 0 Å². The number of hydrogen-bond acceptors (Lipinski definition) is 3. The second-order valence-electron chi connectivity index (χ2n) is 4.11. The van der Waals surface area contributed by atoms with Crippen LogP contribution in [0.15, 0.2) is 16.8 Å². The quantitative estimate of drug-likeness (QED) is 0.785. The minimum absolute atomic E-state index is 0.548. The zero-order chi connectivity index (χ0) is 10.0. The van der Waals surface area contributed by atoms with Crippen molar-refractivity contribution < 1.29 is 5.11 Å². The summed E-state index contributed by atoms with van der Waals surface area (Å²) < 4.78 is 0. The summed E-state index contributed by atoms with van der Waals surface area (Å²) in [5, 5.41) is 17.8. The Morgan fingerprint density at radius 2 is 2.21 bits per heavy atom. The average Bonchev–Trinajstić information content (AvgIpc) is 2.72. The summed E-state index contributed by atoms with van der Waals surface area (Å²) in [7, 11) is 2.00. The van der Waals surface area contributed by atoms with Crippen LogP contribution in [-0.2, 0) is 5.60 Å². The summed E-state index contributed by atoms with van der Waals surface area (Å²) in [6.07, 6.45) is 3.91. The molecule has 2 nitrogen and oxygen atoms in total. The van der Waals surface area contributed by atoms with Crippen molar-refractivity contribution >= 4 is 11.3 Å². The molecule has 78 valence electrons. The third kappa shape index (κ3) is 1.85. The predicted octanol–water partition coefficient (Wildman–Crippen LogP) is 2.10. The third-order valence-electron chi connectivity index (χ3n) is 3.28. The fourth-order valence-electron chi connectivity index (χ4n) is 2.20. The average molecular weight is 211 g/mol. The monoisotopic (exact) mass is 211 g/mol. The molecule has 1 aromatic heterocycles. The third-order valence-corrected chi connectivity index (χ3v) is 3.96. The van der Waals surface area contributed by atoms with E-state index in [0.717, 1.165) is 31.2 Å². The molecule has 0 bridgehead atoms. The van der Waals surface area contributed by atoms with E-state index in [1.165, 1.54) is 0 Å². The van der Waals surface area contributed by atoms with Crippen molar-refractivity contribution in [3.05, 3.63) is 22.4 Å².